The average Bonchev–Trinajstić information content (AvgIpc) is 2.54. The number of anilines is 1. The van der Waals surface area contributed by atoms with Crippen molar-refractivity contribution in [3.63, 3.8) is 0 Å². The van der Waals surface area contributed by atoms with Crippen LogP contribution in [0.5, 0.6) is 0 Å². The largest absolute Gasteiger partial charge is 0.430 e. The first-order valence-electron chi connectivity index (χ1n) is 8.06. The summed E-state index contributed by atoms with van der Waals surface area (Å²) in [6.07, 6.45) is -9.37. The van der Waals surface area contributed by atoms with Crippen molar-refractivity contribution in [3.05, 3.63) is 29.8 Å². The van der Waals surface area contributed by atoms with Crippen LogP contribution in [0.15, 0.2) is 24.3 Å². The summed E-state index contributed by atoms with van der Waals surface area (Å²) < 4.78 is 90.8. The van der Waals surface area contributed by atoms with Gasteiger partial charge in [-0.3, -0.25) is 5.32 Å². The maximum absolute atomic E-state index is 13.5. The van der Waals surface area contributed by atoms with Crippen LogP contribution in [0.4, 0.5) is 32.0 Å². The summed E-state index contributed by atoms with van der Waals surface area (Å²) in [6.45, 7) is -0.589. The summed E-state index contributed by atoms with van der Waals surface area (Å²) in [4.78, 5) is 0. The Morgan fingerprint density at radius 2 is 1.58 bits per heavy atom. The Morgan fingerprint density at radius 1 is 0.962 bits per heavy atom. The molecule has 1 unspecified atom stereocenters. The van der Waals surface area contributed by atoms with E-state index in [1.165, 1.54) is 0 Å². The second-order valence-corrected chi connectivity index (χ2v) is 5.96. The quantitative estimate of drug-likeness (QED) is 0.445. The van der Waals surface area contributed by atoms with Crippen molar-refractivity contribution in [2.45, 2.75) is 43.4 Å². The van der Waals surface area contributed by atoms with Gasteiger partial charge in [-0.25, -0.2) is 0 Å². The van der Waals surface area contributed by atoms with Gasteiger partial charge in [0, 0.05) is 11.3 Å². The summed E-state index contributed by atoms with van der Waals surface area (Å²) in [6, 6.07) is 3.26. The highest BCUT2D eigenvalue weighted by molar-refractivity contribution is 5.42. The molecule has 0 radical (unpaired) electrons. The minimum Gasteiger partial charge on any atom is -0.399 e. The molecule has 2 rings (SSSR count). The highest BCUT2D eigenvalue weighted by Gasteiger charge is 2.73. The van der Waals surface area contributed by atoms with E-state index in [1.807, 2.05) is 0 Å². The first-order valence-corrected chi connectivity index (χ1v) is 8.06. The summed E-state index contributed by atoms with van der Waals surface area (Å²) >= 11 is 0. The topological polar surface area (TPSA) is 56.5 Å². The molecule has 148 valence electrons. The molecule has 3 N–H and O–H groups in total. The van der Waals surface area contributed by atoms with Crippen LogP contribution in [0.1, 0.15) is 24.8 Å². The van der Waals surface area contributed by atoms with E-state index in [-0.39, 0.29) is 5.69 Å². The standard InChI is InChI=1S/C16H20F6N2O2/c17-15(18,19)14(16(20,21)22,11-4-6-12(23)7-5-11)26-10-9-25-13-3-1-2-8-24-13/h4-7,13,24H,1-3,8-10,23H2. The molecule has 1 heterocycles. The van der Waals surface area contributed by atoms with Crippen molar-refractivity contribution in [2.75, 3.05) is 25.5 Å². The predicted octanol–water partition coefficient (Wildman–Crippen LogP) is 3.72. The molecule has 1 aliphatic heterocycles. The lowest BCUT2D eigenvalue weighted by Crippen LogP contribution is -2.56. The average molecular weight is 386 g/mol. The molecule has 1 saturated heterocycles. The number of rotatable bonds is 6. The van der Waals surface area contributed by atoms with Gasteiger partial charge in [-0.2, -0.15) is 26.3 Å². The minimum absolute atomic E-state index is 0.0405. The summed E-state index contributed by atoms with van der Waals surface area (Å²) in [5, 5.41) is 2.98. The van der Waals surface area contributed by atoms with Crippen LogP contribution in [0.2, 0.25) is 0 Å². The second kappa shape index (κ2) is 8.01. The zero-order valence-corrected chi connectivity index (χ0v) is 13.8. The molecule has 26 heavy (non-hydrogen) atoms. The van der Waals surface area contributed by atoms with Crippen LogP contribution in [-0.2, 0) is 15.1 Å². The third kappa shape index (κ3) is 4.41. The molecule has 1 aromatic rings. The molecule has 1 aromatic carbocycles. The molecule has 1 atom stereocenters. The van der Waals surface area contributed by atoms with Gasteiger partial charge in [0.05, 0.1) is 13.2 Å². The number of benzene rings is 1. The summed E-state index contributed by atoms with van der Waals surface area (Å²) in [5.41, 5.74) is -0.126. The van der Waals surface area contributed by atoms with Crippen molar-refractivity contribution in [1.82, 2.24) is 5.32 Å². The van der Waals surface area contributed by atoms with Crippen molar-refractivity contribution in [2.24, 2.45) is 0 Å². The number of piperidine rings is 1. The lowest BCUT2D eigenvalue weighted by Gasteiger charge is -2.37. The maximum Gasteiger partial charge on any atom is 0.430 e. The van der Waals surface area contributed by atoms with E-state index in [9.17, 15) is 26.3 Å². The van der Waals surface area contributed by atoms with Gasteiger partial charge < -0.3 is 15.2 Å². The third-order valence-electron chi connectivity index (χ3n) is 4.10. The fourth-order valence-electron chi connectivity index (χ4n) is 2.80. The van der Waals surface area contributed by atoms with Gasteiger partial charge in [-0.15, -0.1) is 0 Å². The van der Waals surface area contributed by atoms with E-state index >= 15 is 0 Å². The molecular formula is C16H20F6N2O2. The zero-order valence-electron chi connectivity index (χ0n) is 13.8. The van der Waals surface area contributed by atoms with Crippen molar-refractivity contribution in [1.29, 1.82) is 0 Å². The first kappa shape index (κ1) is 20.8. The predicted molar refractivity (Wildman–Crippen MR) is 82.2 cm³/mol. The van der Waals surface area contributed by atoms with Crippen LogP contribution in [0, 0.1) is 0 Å². The van der Waals surface area contributed by atoms with E-state index in [1.54, 1.807) is 0 Å². The molecule has 0 spiro atoms. The monoisotopic (exact) mass is 386 g/mol. The van der Waals surface area contributed by atoms with Crippen LogP contribution in [-0.4, -0.2) is 38.3 Å². The number of nitrogen functional groups attached to an aromatic ring is 1. The Morgan fingerprint density at radius 3 is 2.08 bits per heavy atom. The lowest BCUT2D eigenvalue weighted by atomic mass is 9.91. The molecule has 10 heteroatoms. The fourth-order valence-corrected chi connectivity index (χ4v) is 2.80. The van der Waals surface area contributed by atoms with Gasteiger partial charge in [0.1, 0.15) is 6.23 Å². The number of hydrogen-bond donors (Lipinski definition) is 2. The summed E-state index contributed by atoms with van der Waals surface area (Å²) in [5.74, 6) is 0. The van der Waals surface area contributed by atoms with Crippen molar-refractivity contribution >= 4 is 5.69 Å². The smallest absolute Gasteiger partial charge is 0.399 e. The Hall–Kier alpha value is -1.52. The van der Waals surface area contributed by atoms with Crippen LogP contribution < -0.4 is 11.1 Å². The Bertz CT molecular complexity index is 554. The van der Waals surface area contributed by atoms with Gasteiger partial charge in [0.15, 0.2) is 0 Å². The SMILES string of the molecule is Nc1ccc(C(OCCOC2CCCCN2)(C(F)(F)F)C(F)(F)F)cc1. The second-order valence-electron chi connectivity index (χ2n) is 5.96. The van der Waals surface area contributed by atoms with E-state index in [2.05, 4.69) is 10.1 Å². The van der Waals surface area contributed by atoms with Gasteiger partial charge in [0.25, 0.3) is 5.60 Å². The molecular weight excluding hydrogens is 366 g/mol. The number of nitrogens with two attached hydrogens (primary N) is 1. The van der Waals surface area contributed by atoms with Crippen LogP contribution >= 0.6 is 0 Å². The molecule has 0 bridgehead atoms. The Labute approximate surface area is 146 Å². The van der Waals surface area contributed by atoms with Crippen LogP contribution in [0.3, 0.4) is 0 Å². The highest BCUT2D eigenvalue weighted by Crippen LogP contribution is 2.52. The molecule has 0 aliphatic carbocycles. The number of alkyl halides is 6. The first-order chi connectivity index (χ1) is 12.1. The number of halogens is 6. The van der Waals surface area contributed by atoms with E-state index in [4.69, 9.17) is 10.5 Å². The van der Waals surface area contributed by atoms with E-state index in [0.717, 1.165) is 25.0 Å². The fraction of sp³-hybridized carbons (Fsp3) is 0.625. The van der Waals surface area contributed by atoms with Crippen molar-refractivity contribution in [3.8, 4) is 0 Å². The summed E-state index contributed by atoms with van der Waals surface area (Å²) in [7, 11) is 0. The van der Waals surface area contributed by atoms with E-state index in [0.29, 0.717) is 25.1 Å². The molecule has 4 nitrogen and oxygen atoms in total. The number of ether oxygens (including phenoxy) is 2. The maximum atomic E-state index is 13.5. The van der Waals surface area contributed by atoms with E-state index < -0.39 is 43.0 Å². The normalized spacial score (nSPS) is 19.5. The minimum atomic E-state index is -5.72. The Balaban J connectivity index is 2.18. The molecule has 1 fully saturated rings. The van der Waals surface area contributed by atoms with Gasteiger partial charge in [-0.05, 0) is 37.9 Å². The molecule has 0 aromatic heterocycles. The molecule has 0 amide bonds. The van der Waals surface area contributed by atoms with Gasteiger partial charge in [-0.1, -0.05) is 12.1 Å². The highest BCUT2D eigenvalue weighted by atomic mass is 19.4. The molecule has 0 saturated carbocycles. The Kier molecular flexibility index (Phi) is 6.41. The zero-order chi connectivity index (χ0) is 19.4. The van der Waals surface area contributed by atoms with Gasteiger partial charge >= 0.3 is 12.4 Å². The van der Waals surface area contributed by atoms with Crippen LogP contribution in [0.25, 0.3) is 0 Å². The number of nitrogens with one attached hydrogen (secondary N) is 1. The lowest BCUT2D eigenvalue weighted by molar-refractivity contribution is -0.390. The molecule has 1 aliphatic rings. The van der Waals surface area contributed by atoms with Gasteiger partial charge in [0.2, 0.25) is 0 Å². The number of hydrogen-bond acceptors (Lipinski definition) is 4. The van der Waals surface area contributed by atoms with Crippen molar-refractivity contribution < 1.29 is 35.8 Å². The third-order valence-corrected chi connectivity index (χ3v) is 4.10.